The summed E-state index contributed by atoms with van der Waals surface area (Å²) in [6.07, 6.45) is 0. The fourth-order valence-electron chi connectivity index (χ4n) is 2.32. The summed E-state index contributed by atoms with van der Waals surface area (Å²) in [6, 6.07) is 12.8. The highest BCUT2D eigenvalue weighted by molar-refractivity contribution is 6.13. The largest absolute Gasteiger partial charge is 0.398 e. The molecule has 0 atom stereocenters. The minimum Gasteiger partial charge on any atom is -0.398 e. The van der Waals surface area contributed by atoms with Crippen LogP contribution >= 0.6 is 0 Å². The van der Waals surface area contributed by atoms with Gasteiger partial charge in [0.15, 0.2) is 0 Å². The molecule has 3 rings (SSSR count). The maximum Gasteiger partial charge on any atom is 0.274 e. The summed E-state index contributed by atoms with van der Waals surface area (Å²) >= 11 is 0. The second-order valence-electron chi connectivity index (χ2n) is 5.02. The van der Waals surface area contributed by atoms with Crippen molar-refractivity contribution in [2.45, 2.75) is 6.92 Å². The number of pyridine rings is 1. The molecular formula is C17H14FN3O. The number of hydrogen-bond donors (Lipinski definition) is 2. The van der Waals surface area contributed by atoms with Gasteiger partial charge in [-0.1, -0.05) is 12.1 Å². The first-order chi connectivity index (χ1) is 10.5. The molecule has 0 aliphatic rings. The van der Waals surface area contributed by atoms with E-state index in [0.717, 1.165) is 5.39 Å². The molecule has 0 aliphatic carbocycles. The van der Waals surface area contributed by atoms with Crippen LogP contribution in [0.5, 0.6) is 0 Å². The minimum absolute atomic E-state index is 0.298. The lowest BCUT2D eigenvalue weighted by Crippen LogP contribution is -2.15. The number of carbonyl (C=O) groups is 1. The Morgan fingerprint density at radius 3 is 2.59 bits per heavy atom. The first kappa shape index (κ1) is 14.0. The number of nitrogens with one attached hydrogen (secondary N) is 1. The standard InChI is InChI=1S/C17H14FN3O/c1-10-9-14-13(3-2-4-15(14)19)16(20-10)17(22)21-12-7-5-11(18)6-8-12/h2-9H,19H2,1H3,(H,21,22). The van der Waals surface area contributed by atoms with Gasteiger partial charge < -0.3 is 11.1 Å². The van der Waals surface area contributed by atoms with Crippen molar-refractivity contribution >= 4 is 28.1 Å². The SMILES string of the molecule is Cc1cc2c(N)cccc2c(C(=O)Nc2ccc(F)cc2)n1. The zero-order valence-electron chi connectivity index (χ0n) is 11.9. The van der Waals surface area contributed by atoms with E-state index in [9.17, 15) is 9.18 Å². The Hall–Kier alpha value is -2.95. The Kier molecular flexibility index (Phi) is 3.47. The third kappa shape index (κ3) is 2.61. The van der Waals surface area contributed by atoms with Crippen molar-refractivity contribution in [3.05, 3.63) is 65.7 Å². The Labute approximate surface area is 126 Å². The molecule has 2 aromatic carbocycles. The van der Waals surface area contributed by atoms with Gasteiger partial charge in [-0.25, -0.2) is 9.37 Å². The first-order valence-electron chi connectivity index (χ1n) is 6.77. The molecule has 0 saturated carbocycles. The highest BCUT2D eigenvalue weighted by Crippen LogP contribution is 2.24. The Morgan fingerprint density at radius 1 is 1.14 bits per heavy atom. The van der Waals surface area contributed by atoms with Gasteiger partial charge in [0.05, 0.1) is 0 Å². The molecule has 0 unspecified atom stereocenters. The van der Waals surface area contributed by atoms with Crippen LogP contribution in [-0.2, 0) is 0 Å². The Bertz CT molecular complexity index is 860. The van der Waals surface area contributed by atoms with E-state index >= 15 is 0 Å². The maximum atomic E-state index is 12.9. The summed E-state index contributed by atoms with van der Waals surface area (Å²) in [6.45, 7) is 1.81. The number of nitrogens with zero attached hydrogens (tertiary/aromatic N) is 1. The van der Waals surface area contributed by atoms with Gasteiger partial charge in [0.1, 0.15) is 11.5 Å². The fourth-order valence-corrected chi connectivity index (χ4v) is 2.32. The average molecular weight is 295 g/mol. The van der Waals surface area contributed by atoms with Crippen molar-refractivity contribution < 1.29 is 9.18 Å². The average Bonchev–Trinajstić information content (AvgIpc) is 2.50. The van der Waals surface area contributed by atoms with E-state index in [4.69, 9.17) is 5.73 Å². The lowest BCUT2D eigenvalue weighted by molar-refractivity contribution is 0.102. The molecule has 110 valence electrons. The molecule has 4 nitrogen and oxygen atoms in total. The second-order valence-corrected chi connectivity index (χ2v) is 5.02. The van der Waals surface area contributed by atoms with Gasteiger partial charge >= 0.3 is 0 Å². The zero-order valence-corrected chi connectivity index (χ0v) is 11.9. The maximum absolute atomic E-state index is 12.9. The van der Waals surface area contributed by atoms with Crippen LogP contribution in [0, 0.1) is 12.7 Å². The molecular weight excluding hydrogens is 281 g/mol. The van der Waals surface area contributed by atoms with Gasteiger partial charge in [-0.05, 0) is 43.3 Å². The molecule has 0 fully saturated rings. The number of aryl methyl sites for hydroxylation is 1. The normalized spacial score (nSPS) is 10.6. The number of amides is 1. The quantitative estimate of drug-likeness (QED) is 0.711. The van der Waals surface area contributed by atoms with Gasteiger partial charge in [-0.3, -0.25) is 4.79 Å². The summed E-state index contributed by atoms with van der Waals surface area (Å²) in [5.74, 6) is -0.712. The van der Waals surface area contributed by atoms with Crippen LogP contribution in [0.4, 0.5) is 15.8 Å². The smallest absolute Gasteiger partial charge is 0.274 e. The monoisotopic (exact) mass is 295 g/mol. The first-order valence-corrected chi connectivity index (χ1v) is 6.77. The molecule has 0 aliphatic heterocycles. The number of halogens is 1. The zero-order chi connectivity index (χ0) is 15.7. The predicted octanol–water partition coefficient (Wildman–Crippen LogP) is 3.52. The highest BCUT2D eigenvalue weighted by Gasteiger charge is 2.14. The van der Waals surface area contributed by atoms with Gasteiger partial charge in [0.2, 0.25) is 0 Å². The van der Waals surface area contributed by atoms with E-state index in [1.165, 1.54) is 24.3 Å². The van der Waals surface area contributed by atoms with Crippen molar-refractivity contribution in [1.82, 2.24) is 4.98 Å². The highest BCUT2D eigenvalue weighted by atomic mass is 19.1. The van der Waals surface area contributed by atoms with Crippen LogP contribution in [0.3, 0.4) is 0 Å². The minimum atomic E-state index is -0.357. The third-order valence-electron chi connectivity index (χ3n) is 3.35. The topological polar surface area (TPSA) is 68.0 Å². The molecule has 1 heterocycles. The van der Waals surface area contributed by atoms with Crippen LogP contribution in [0.1, 0.15) is 16.2 Å². The van der Waals surface area contributed by atoms with Crippen LogP contribution < -0.4 is 11.1 Å². The number of anilines is 2. The van der Waals surface area contributed by atoms with E-state index in [1.54, 1.807) is 25.1 Å². The van der Waals surface area contributed by atoms with Crippen LogP contribution in [0.25, 0.3) is 10.8 Å². The summed E-state index contributed by atoms with van der Waals surface area (Å²) in [5, 5.41) is 4.19. The van der Waals surface area contributed by atoms with Crippen molar-refractivity contribution in [3.8, 4) is 0 Å². The molecule has 5 heteroatoms. The van der Waals surface area contributed by atoms with Crippen molar-refractivity contribution in [2.24, 2.45) is 0 Å². The third-order valence-corrected chi connectivity index (χ3v) is 3.35. The van der Waals surface area contributed by atoms with Gasteiger partial charge in [-0.15, -0.1) is 0 Å². The molecule has 0 bridgehead atoms. The van der Waals surface area contributed by atoms with Crippen molar-refractivity contribution in [3.63, 3.8) is 0 Å². The molecule has 0 radical (unpaired) electrons. The summed E-state index contributed by atoms with van der Waals surface area (Å²) in [4.78, 5) is 16.8. The van der Waals surface area contributed by atoms with Crippen LogP contribution in [0.15, 0.2) is 48.5 Å². The van der Waals surface area contributed by atoms with Crippen LogP contribution in [0.2, 0.25) is 0 Å². The number of fused-ring (bicyclic) bond motifs is 1. The fraction of sp³-hybridized carbons (Fsp3) is 0.0588. The number of benzene rings is 2. The summed E-state index contributed by atoms with van der Waals surface area (Å²) in [5.41, 5.74) is 8.07. The molecule has 3 N–H and O–H groups in total. The number of nitrogen functional groups attached to an aromatic ring is 1. The summed E-state index contributed by atoms with van der Waals surface area (Å²) < 4.78 is 12.9. The van der Waals surface area contributed by atoms with E-state index < -0.39 is 0 Å². The lowest BCUT2D eigenvalue weighted by atomic mass is 10.1. The van der Waals surface area contributed by atoms with E-state index in [1.807, 2.05) is 6.07 Å². The molecule has 0 spiro atoms. The lowest BCUT2D eigenvalue weighted by Gasteiger charge is -2.10. The second kappa shape index (κ2) is 5.44. The number of rotatable bonds is 2. The molecule has 0 saturated heterocycles. The van der Waals surface area contributed by atoms with Crippen molar-refractivity contribution in [2.75, 3.05) is 11.1 Å². The number of carbonyl (C=O) groups excluding carboxylic acids is 1. The predicted molar refractivity (Wildman–Crippen MR) is 85.2 cm³/mol. The van der Waals surface area contributed by atoms with E-state index in [-0.39, 0.29) is 11.7 Å². The van der Waals surface area contributed by atoms with Gasteiger partial charge in [-0.2, -0.15) is 0 Å². The Balaban J connectivity index is 2.03. The Morgan fingerprint density at radius 2 is 1.86 bits per heavy atom. The van der Waals surface area contributed by atoms with Crippen LogP contribution in [-0.4, -0.2) is 10.9 Å². The summed E-state index contributed by atoms with van der Waals surface area (Å²) in [7, 11) is 0. The number of hydrogen-bond acceptors (Lipinski definition) is 3. The molecule has 3 aromatic rings. The van der Waals surface area contributed by atoms with Gasteiger partial charge in [0.25, 0.3) is 5.91 Å². The number of aromatic nitrogens is 1. The van der Waals surface area contributed by atoms with Crippen molar-refractivity contribution in [1.29, 1.82) is 0 Å². The molecule has 22 heavy (non-hydrogen) atoms. The van der Waals surface area contributed by atoms with E-state index in [0.29, 0.717) is 28.1 Å². The molecule has 1 amide bonds. The number of nitrogens with two attached hydrogens (primary N) is 1. The van der Waals surface area contributed by atoms with E-state index in [2.05, 4.69) is 10.3 Å². The molecule has 1 aromatic heterocycles. The van der Waals surface area contributed by atoms with Gasteiger partial charge in [0, 0.05) is 27.8 Å².